The van der Waals surface area contributed by atoms with Crippen LogP contribution < -0.4 is 5.56 Å². The van der Waals surface area contributed by atoms with Crippen molar-refractivity contribution in [2.45, 2.75) is 0 Å². The molecule has 25 heavy (non-hydrogen) atoms. The summed E-state index contributed by atoms with van der Waals surface area (Å²) in [5.74, 6) is 0. The monoisotopic (exact) mass is 321 g/mol. The van der Waals surface area contributed by atoms with Crippen LogP contribution >= 0.6 is 0 Å². The summed E-state index contributed by atoms with van der Waals surface area (Å²) in [6.07, 6.45) is 0. The highest BCUT2D eigenvalue weighted by Crippen LogP contribution is 2.26. The minimum Gasteiger partial charge on any atom is -0.276 e. The van der Waals surface area contributed by atoms with E-state index in [1.165, 1.54) is 5.39 Å². The Morgan fingerprint density at radius 2 is 1.20 bits per heavy atom. The van der Waals surface area contributed by atoms with Crippen molar-refractivity contribution in [1.29, 1.82) is 0 Å². The maximum atomic E-state index is 13.2. The first-order chi connectivity index (χ1) is 12.3. The lowest BCUT2D eigenvalue weighted by Crippen LogP contribution is -2.19. The van der Waals surface area contributed by atoms with Gasteiger partial charge in [0.05, 0.1) is 5.52 Å². The zero-order chi connectivity index (χ0) is 16.8. The van der Waals surface area contributed by atoms with Gasteiger partial charge in [0.15, 0.2) is 0 Å². The second-order valence-corrected chi connectivity index (χ2v) is 6.23. The Morgan fingerprint density at radius 1 is 0.560 bits per heavy atom. The minimum absolute atomic E-state index is 0.0181. The van der Waals surface area contributed by atoms with Gasteiger partial charge in [0.25, 0.3) is 5.56 Å². The summed E-state index contributed by atoms with van der Waals surface area (Å²) in [5, 5.41) is 5.13. The Labute approximate surface area is 144 Å². The molecule has 5 rings (SSSR count). The average Bonchev–Trinajstić information content (AvgIpc) is 2.68. The molecule has 5 aromatic rings. The number of nitrogens with zero attached hydrogens (tertiary/aromatic N) is 1. The summed E-state index contributed by atoms with van der Waals surface area (Å²) >= 11 is 0. The van der Waals surface area contributed by atoms with E-state index in [1.807, 2.05) is 65.2 Å². The van der Waals surface area contributed by atoms with E-state index in [2.05, 4.69) is 30.3 Å². The molecule has 0 fully saturated rings. The van der Waals surface area contributed by atoms with Crippen LogP contribution in [-0.4, -0.2) is 4.57 Å². The molecule has 0 saturated carbocycles. The molecule has 0 N–H and O–H groups in total. The maximum Gasteiger partial charge on any atom is 0.263 e. The molecular weight excluding hydrogens is 306 g/mol. The fraction of sp³-hybridized carbons (Fsp3) is 0. The lowest BCUT2D eigenvalue weighted by atomic mass is 10.0. The number of hydrogen-bond donors (Lipinski definition) is 0. The predicted molar refractivity (Wildman–Crippen MR) is 105 cm³/mol. The van der Waals surface area contributed by atoms with Crippen LogP contribution in [0.2, 0.25) is 0 Å². The summed E-state index contributed by atoms with van der Waals surface area (Å²) in [4.78, 5) is 13.2. The number of rotatable bonds is 1. The summed E-state index contributed by atoms with van der Waals surface area (Å²) in [6.45, 7) is 0. The molecule has 0 unspecified atom stereocenters. The first-order valence-electron chi connectivity index (χ1n) is 8.35. The molecule has 0 amide bonds. The highest BCUT2D eigenvalue weighted by Gasteiger charge is 2.11. The zero-order valence-electron chi connectivity index (χ0n) is 13.5. The van der Waals surface area contributed by atoms with Crippen LogP contribution in [0.25, 0.3) is 38.1 Å². The smallest absolute Gasteiger partial charge is 0.263 e. The lowest BCUT2D eigenvalue weighted by molar-refractivity contribution is 1.06. The number of pyridine rings is 1. The number of fused-ring (bicyclic) bond motifs is 4. The lowest BCUT2D eigenvalue weighted by Gasteiger charge is -2.14. The van der Waals surface area contributed by atoms with E-state index < -0.39 is 0 Å². The van der Waals surface area contributed by atoms with Gasteiger partial charge < -0.3 is 0 Å². The quantitative estimate of drug-likeness (QED) is 0.384. The maximum absolute atomic E-state index is 13.2. The molecule has 2 nitrogen and oxygen atoms in total. The first-order valence-corrected chi connectivity index (χ1v) is 8.35. The van der Waals surface area contributed by atoms with Crippen LogP contribution in [-0.2, 0) is 0 Å². The van der Waals surface area contributed by atoms with Crippen LogP contribution in [0.5, 0.6) is 0 Å². The van der Waals surface area contributed by atoms with Gasteiger partial charge in [-0.25, -0.2) is 0 Å². The zero-order valence-corrected chi connectivity index (χ0v) is 13.5. The molecule has 4 aromatic carbocycles. The minimum atomic E-state index is 0.0181. The molecule has 118 valence electrons. The van der Waals surface area contributed by atoms with Crippen LogP contribution in [0.4, 0.5) is 0 Å². The van der Waals surface area contributed by atoms with E-state index in [1.54, 1.807) is 0 Å². The van der Waals surface area contributed by atoms with Crippen molar-refractivity contribution >= 4 is 32.4 Å². The van der Waals surface area contributed by atoms with E-state index in [-0.39, 0.29) is 5.56 Å². The Hall–Kier alpha value is -3.39. The third kappa shape index (κ3) is 2.08. The molecule has 0 aliphatic carbocycles. The largest absolute Gasteiger partial charge is 0.276 e. The van der Waals surface area contributed by atoms with Crippen molar-refractivity contribution in [3.05, 3.63) is 101 Å². The van der Waals surface area contributed by atoms with Crippen molar-refractivity contribution in [1.82, 2.24) is 4.57 Å². The Kier molecular flexibility index (Phi) is 2.98. The molecule has 1 aromatic heterocycles. The summed E-state index contributed by atoms with van der Waals surface area (Å²) in [5.41, 5.74) is 1.84. The summed E-state index contributed by atoms with van der Waals surface area (Å²) in [6, 6.07) is 30.3. The molecule has 0 radical (unpaired) electrons. The molecule has 0 aliphatic heterocycles. The first kappa shape index (κ1) is 14.0. The number of aromatic nitrogens is 1. The van der Waals surface area contributed by atoms with E-state index in [0.717, 1.165) is 32.7 Å². The molecule has 2 heteroatoms. The van der Waals surface area contributed by atoms with Gasteiger partial charge in [0.1, 0.15) is 0 Å². The summed E-state index contributed by atoms with van der Waals surface area (Å²) in [7, 11) is 0. The fourth-order valence-electron chi connectivity index (χ4n) is 3.60. The Balaban J connectivity index is 1.96. The molecule has 0 aliphatic rings. The van der Waals surface area contributed by atoms with Crippen molar-refractivity contribution in [3.63, 3.8) is 0 Å². The van der Waals surface area contributed by atoms with Gasteiger partial charge in [-0.2, -0.15) is 0 Å². The van der Waals surface area contributed by atoms with E-state index in [9.17, 15) is 4.79 Å². The number of benzene rings is 4. The van der Waals surface area contributed by atoms with Crippen LogP contribution in [0.1, 0.15) is 0 Å². The molecule has 0 spiro atoms. The second-order valence-electron chi connectivity index (χ2n) is 6.23. The van der Waals surface area contributed by atoms with Crippen molar-refractivity contribution in [3.8, 4) is 5.69 Å². The number of hydrogen-bond acceptors (Lipinski definition) is 1. The van der Waals surface area contributed by atoms with Crippen molar-refractivity contribution in [2.75, 3.05) is 0 Å². The van der Waals surface area contributed by atoms with Crippen molar-refractivity contribution < 1.29 is 0 Å². The highest BCUT2D eigenvalue weighted by atomic mass is 16.1. The second kappa shape index (κ2) is 5.32. The van der Waals surface area contributed by atoms with Gasteiger partial charge in [-0.15, -0.1) is 0 Å². The van der Waals surface area contributed by atoms with Gasteiger partial charge in [-0.3, -0.25) is 9.36 Å². The number of para-hydroxylation sites is 1. The molecule has 0 atom stereocenters. The fourth-order valence-corrected chi connectivity index (χ4v) is 3.60. The normalized spacial score (nSPS) is 11.4. The van der Waals surface area contributed by atoms with Gasteiger partial charge in [0.2, 0.25) is 0 Å². The molecular formula is C23H15NO. The SMILES string of the molecule is O=c1c2ccccc2c2ccccc2n1-c1ccc2ccccc2c1. The van der Waals surface area contributed by atoms with Gasteiger partial charge in [-0.05, 0) is 40.4 Å². The van der Waals surface area contributed by atoms with Gasteiger partial charge in [-0.1, -0.05) is 66.7 Å². The van der Waals surface area contributed by atoms with Gasteiger partial charge >= 0.3 is 0 Å². The van der Waals surface area contributed by atoms with E-state index in [0.29, 0.717) is 0 Å². The highest BCUT2D eigenvalue weighted by molar-refractivity contribution is 6.06. The third-order valence-corrected chi connectivity index (χ3v) is 4.79. The molecule has 0 saturated heterocycles. The van der Waals surface area contributed by atoms with E-state index in [4.69, 9.17) is 0 Å². The molecule has 1 heterocycles. The standard InChI is InChI=1S/C23H15NO/c25-23-21-11-4-3-9-19(21)20-10-5-6-12-22(20)24(23)18-14-13-16-7-1-2-8-17(16)15-18/h1-15H. The van der Waals surface area contributed by atoms with E-state index >= 15 is 0 Å². The summed E-state index contributed by atoms with van der Waals surface area (Å²) < 4.78 is 1.82. The Bertz CT molecular complexity index is 1310. The van der Waals surface area contributed by atoms with Crippen molar-refractivity contribution in [2.24, 2.45) is 0 Å². The topological polar surface area (TPSA) is 22.0 Å². The third-order valence-electron chi connectivity index (χ3n) is 4.79. The average molecular weight is 321 g/mol. The Morgan fingerprint density at radius 3 is 2.04 bits per heavy atom. The molecule has 0 bridgehead atoms. The predicted octanol–water partition coefficient (Wildman–Crippen LogP) is 5.30. The van der Waals surface area contributed by atoms with Crippen LogP contribution in [0.15, 0.2) is 95.8 Å². The van der Waals surface area contributed by atoms with Gasteiger partial charge in [0, 0.05) is 16.5 Å². The van der Waals surface area contributed by atoms with Crippen LogP contribution in [0.3, 0.4) is 0 Å². The van der Waals surface area contributed by atoms with Crippen LogP contribution in [0, 0.1) is 0 Å².